The molecule has 0 aromatic heterocycles. The second kappa shape index (κ2) is 3.58. The highest BCUT2D eigenvalue weighted by molar-refractivity contribution is 5.82. The molecule has 2 atom stereocenters. The van der Waals surface area contributed by atoms with Crippen LogP contribution < -0.4 is 0 Å². The highest BCUT2D eigenvalue weighted by atomic mass is 16.5. The van der Waals surface area contributed by atoms with E-state index in [4.69, 9.17) is 4.74 Å². The third kappa shape index (κ3) is 1.98. The summed E-state index contributed by atoms with van der Waals surface area (Å²) in [6.07, 6.45) is 0.894. The maximum atomic E-state index is 10.7. The molecular formula is C8H12O4. The summed E-state index contributed by atoms with van der Waals surface area (Å²) in [5.41, 5.74) is 0. The number of rotatable bonds is 1. The van der Waals surface area contributed by atoms with Crippen LogP contribution >= 0.6 is 0 Å². The third-order valence-corrected chi connectivity index (χ3v) is 1.77. The average molecular weight is 172 g/mol. The molecule has 0 aromatic carbocycles. The first kappa shape index (κ1) is 9.06. The molecule has 1 aliphatic heterocycles. The summed E-state index contributed by atoms with van der Waals surface area (Å²) in [5.74, 6) is 0.0353. The van der Waals surface area contributed by atoms with E-state index in [-0.39, 0.29) is 6.10 Å². The third-order valence-electron chi connectivity index (χ3n) is 1.77. The Morgan fingerprint density at radius 2 is 2.50 bits per heavy atom. The molecule has 12 heavy (non-hydrogen) atoms. The zero-order valence-electron chi connectivity index (χ0n) is 7.11. The number of hydrogen-bond donors (Lipinski definition) is 1. The summed E-state index contributed by atoms with van der Waals surface area (Å²) >= 11 is 0. The van der Waals surface area contributed by atoms with E-state index in [2.05, 4.69) is 4.74 Å². The number of hydrogen-bond acceptors (Lipinski definition) is 4. The molecule has 0 amide bonds. The van der Waals surface area contributed by atoms with Gasteiger partial charge in [-0.3, -0.25) is 0 Å². The highest BCUT2D eigenvalue weighted by Crippen LogP contribution is 2.22. The summed E-state index contributed by atoms with van der Waals surface area (Å²) in [6.45, 7) is 1.75. The maximum Gasteiger partial charge on any atom is 0.333 e. The maximum absolute atomic E-state index is 10.7. The summed E-state index contributed by atoms with van der Waals surface area (Å²) < 4.78 is 9.56. The Morgan fingerprint density at radius 3 is 2.92 bits per heavy atom. The number of aliphatic hydroxyl groups excluding tert-OH is 1. The molecule has 0 spiro atoms. The second-order valence-corrected chi connectivity index (χ2v) is 2.73. The Bertz CT molecular complexity index is 197. The van der Waals surface area contributed by atoms with Crippen LogP contribution in [0.15, 0.2) is 11.8 Å². The van der Waals surface area contributed by atoms with Crippen LogP contribution in [-0.4, -0.2) is 30.4 Å². The van der Waals surface area contributed by atoms with E-state index in [0.29, 0.717) is 12.2 Å². The van der Waals surface area contributed by atoms with Crippen LogP contribution in [0.2, 0.25) is 0 Å². The number of aliphatic hydroxyl groups is 1. The molecule has 0 aromatic rings. The van der Waals surface area contributed by atoms with Crippen molar-refractivity contribution in [3.63, 3.8) is 0 Å². The van der Waals surface area contributed by atoms with Crippen molar-refractivity contribution in [2.75, 3.05) is 7.11 Å². The monoisotopic (exact) mass is 172 g/mol. The van der Waals surface area contributed by atoms with Crippen molar-refractivity contribution in [2.24, 2.45) is 0 Å². The van der Waals surface area contributed by atoms with Crippen molar-refractivity contribution in [3.05, 3.63) is 11.8 Å². The van der Waals surface area contributed by atoms with Gasteiger partial charge in [0.2, 0.25) is 0 Å². The van der Waals surface area contributed by atoms with Gasteiger partial charge in [-0.15, -0.1) is 0 Å². The minimum atomic E-state index is -0.513. The van der Waals surface area contributed by atoms with Crippen molar-refractivity contribution in [2.45, 2.75) is 25.6 Å². The van der Waals surface area contributed by atoms with Gasteiger partial charge in [0.25, 0.3) is 0 Å². The van der Waals surface area contributed by atoms with Crippen molar-refractivity contribution in [1.29, 1.82) is 0 Å². The first-order valence-electron chi connectivity index (χ1n) is 3.76. The quantitative estimate of drug-likeness (QED) is 0.454. The molecule has 1 fully saturated rings. The molecule has 1 rings (SSSR count). The fourth-order valence-corrected chi connectivity index (χ4v) is 1.02. The van der Waals surface area contributed by atoms with Gasteiger partial charge in [0, 0.05) is 6.42 Å². The Kier molecular flexibility index (Phi) is 2.70. The van der Waals surface area contributed by atoms with E-state index in [1.54, 1.807) is 6.92 Å². The van der Waals surface area contributed by atoms with Crippen LogP contribution in [0, 0.1) is 0 Å². The van der Waals surface area contributed by atoms with Gasteiger partial charge >= 0.3 is 5.97 Å². The number of esters is 1. The Hall–Kier alpha value is -1.03. The van der Waals surface area contributed by atoms with Crippen LogP contribution in [0.5, 0.6) is 0 Å². The number of ether oxygens (including phenoxy) is 2. The van der Waals surface area contributed by atoms with Gasteiger partial charge in [0.05, 0.1) is 19.3 Å². The fraction of sp³-hybridized carbons (Fsp3) is 0.625. The molecule has 0 aliphatic carbocycles. The van der Waals surface area contributed by atoms with Crippen molar-refractivity contribution >= 4 is 5.97 Å². The molecular weight excluding hydrogens is 160 g/mol. The lowest BCUT2D eigenvalue weighted by atomic mass is 10.2. The number of carbonyl (C=O) groups excluding carboxylic acids is 1. The van der Waals surface area contributed by atoms with Gasteiger partial charge in [0.15, 0.2) is 0 Å². The van der Waals surface area contributed by atoms with Gasteiger partial charge < -0.3 is 14.6 Å². The topological polar surface area (TPSA) is 55.8 Å². The van der Waals surface area contributed by atoms with Crippen LogP contribution in [0.1, 0.15) is 13.3 Å². The van der Waals surface area contributed by atoms with Crippen LogP contribution in [-0.2, 0) is 14.3 Å². The Balaban J connectivity index is 2.56. The lowest BCUT2D eigenvalue weighted by Gasteiger charge is -2.05. The van der Waals surface area contributed by atoms with E-state index in [9.17, 15) is 9.90 Å². The van der Waals surface area contributed by atoms with Crippen LogP contribution in [0.4, 0.5) is 0 Å². The SMILES string of the molecule is COC(=O)/C=C1\C[C@@H](O)[C@H](C)O1. The smallest absolute Gasteiger partial charge is 0.333 e. The molecule has 1 heterocycles. The standard InChI is InChI=1S/C8H12O4/c1-5-7(9)3-6(12-5)4-8(10)11-2/h4-5,7,9H,3H2,1-2H3/b6-4+/t5-,7+/m0/s1. The van der Waals surface area contributed by atoms with Gasteiger partial charge in [-0.05, 0) is 6.92 Å². The largest absolute Gasteiger partial charge is 0.492 e. The predicted octanol–water partition coefficient (Wildman–Crippen LogP) is 0.213. The number of methoxy groups -OCH3 is 1. The Labute approximate surface area is 70.8 Å². The summed E-state index contributed by atoms with van der Waals surface area (Å²) in [4.78, 5) is 10.7. The van der Waals surface area contributed by atoms with Crippen LogP contribution in [0.25, 0.3) is 0 Å². The van der Waals surface area contributed by atoms with Gasteiger partial charge in [-0.25, -0.2) is 4.79 Å². The van der Waals surface area contributed by atoms with E-state index < -0.39 is 12.1 Å². The van der Waals surface area contributed by atoms with Crippen LogP contribution in [0.3, 0.4) is 0 Å². The van der Waals surface area contributed by atoms with Crippen molar-refractivity contribution in [1.82, 2.24) is 0 Å². The summed E-state index contributed by atoms with van der Waals surface area (Å²) in [7, 11) is 1.30. The molecule has 0 radical (unpaired) electrons. The predicted molar refractivity (Wildman–Crippen MR) is 41.3 cm³/mol. The second-order valence-electron chi connectivity index (χ2n) is 2.73. The minimum Gasteiger partial charge on any atom is -0.492 e. The Morgan fingerprint density at radius 1 is 1.83 bits per heavy atom. The molecule has 0 bridgehead atoms. The molecule has 1 saturated heterocycles. The molecule has 1 N–H and O–H groups in total. The average Bonchev–Trinajstić information content (AvgIpc) is 2.31. The lowest BCUT2D eigenvalue weighted by molar-refractivity contribution is -0.135. The molecule has 0 unspecified atom stereocenters. The molecule has 1 aliphatic rings. The summed E-state index contributed by atoms with van der Waals surface area (Å²) in [6, 6.07) is 0. The van der Waals surface area contributed by atoms with E-state index in [1.807, 2.05) is 0 Å². The molecule has 4 nitrogen and oxygen atoms in total. The molecule has 68 valence electrons. The van der Waals surface area contributed by atoms with Gasteiger partial charge in [-0.2, -0.15) is 0 Å². The van der Waals surface area contributed by atoms with Gasteiger partial charge in [-0.1, -0.05) is 0 Å². The fourth-order valence-electron chi connectivity index (χ4n) is 1.02. The van der Waals surface area contributed by atoms with E-state index in [0.717, 1.165) is 0 Å². The highest BCUT2D eigenvalue weighted by Gasteiger charge is 2.26. The zero-order chi connectivity index (χ0) is 9.14. The van der Waals surface area contributed by atoms with Crippen molar-refractivity contribution in [3.8, 4) is 0 Å². The van der Waals surface area contributed by atoms with Crippen molar-refractivity contribution < 1.29 is 19.4 Å². The summed E-state index contributed by atoms with van der Waals surface area (Å²) in [5, 5.41) is 9.24. The molecule has 0 saturated carbocycles. The zero-order valence-corrected chi connectivity index (χ0v) is 7.11. The normalized spacial score (nSPS) is 31.8. The van der Waals surface area contributed by atoms with Gasteiger partial charge in [0.1, 0.15) is 11.9 Å². The van der Waals surface area contributed by atoms with E-state index in [1.165, 1.54) is 13.2 Å². The first-order chi connectivity index (χ1) is 5.63. The molecule has 4 heteroatoms. The first-order valence-corrected chi connectivity index (χ1v) is 3.76. The number of carbonyl (C=O) groups is 1. The minimum absolute atomic E-state index is 0.235. The van der Waals surface area contributed by atoms with E-state index >= 15 is 0 Å². The lowest BCUT2D eigenvalue weighted by Crippen LogP contribution is -2.15.